The van der Waals surface area contributed by atoms with E-state index in [-0.39, 0.29) is 13.2 Å². The monoisotopic (exact) mass is 378 g/mol. The van der Waals surface area contributed by atoms with Crippen molar-refractivity contribution < 1.29 is 19.7 Å². The molecule has 0 rings (SSSR count). The molecule has 0 aromatic heterocycles. The van der Waals surface area contributed by atoms with Crippen LogP contribution in [0, 0.1) is 0 Å². The van der Waals surface area contributed by atoms with Crippen LogP contribution < -0.4 is 17.1 Å². The van der Waals surface area contributed by atoms with Crippen molar-refractivity contribution >= 4 is 6.03 Å². The number of nitrogens with two attached hydrogens (primary N) is 2. The average molecular weight is 379 g/mol. The molecule has 0 aliphatic carbocycles. The maximum Gasteiger partial charge on any atom is 0.345 e. The number of hydrogen-bond donors (Lipinski definition) is 5. The zero-order valence-corrected chi connectivity index (χ0v) is 16.8. The van der Waals surface area contributed by atoms with Crippen LogP contribution in [0.2, 0.25) is 0 Å². The number of aliphatic hydroxyl groups excluding tert-OH is 2. The summed E-state index contributed by atoms with van der Waals surface area (Å²) in [5, 5.41) is 18.0. The van der Waals surface area contributed by atoms with E-state index in [4.69, 9.17) is 26.6 Å². The van der Waals surface area contributed by atoms with Gasteiger partial charge in [0.05, 0.1) is 13.2 Å². The van der Waals surface area contributed by atoms with Crippen LogP contribution in [0.25, 0.3) is 0 Å². The molecule has 1 atom stereocenters. The lowest BCUT2D eigenvalue weighted by Crippen LogP contribution is -2.47. The van der Waals surface area contributed by atoms with Gasteiger partial charge in [-0.1, -0.05) is 64.7 Å². The SMILES string of the molecule is CCCCCCCCCCCCN(N)C(=O)NN.CCOCC(O)CO. The van der Waals surface area contributed by atoms with Gasteiger partial charge in [0, 0.05) is 13.2 Å². The smallest absolute Gasteiger partial charge is 0.345 e. The van der Waals surface area contributed by atoms with Crippen LogP contribution in [0.5, 0.6) is 0 Å². The molecule has 2 amide bonds. The van der Waals surface area contributed by atoms with Gasteiger partial charge in [-0.15, -0.1) is 0 Å². The number of ether oxygens (including phenoxy) is 1. The third kappa shape index (κ3) is 21.1. The van der Waals surface area contributed by atoms with E-state index in [1.165, 1.54) is 51.4 Å². The Bertz CT molecular complexity index is 296. The van der Waals surface area contributed by atoms with Crippen LogP contribution >= 0.6 is 0 Å². The Morgan fingerprint density at radius 1 is 1.04 bits per heavy atom. The predicted octanol–water partition coefficient (Wildman–Crippen LogP) is 2.04. The van der Waals surface area contributed by atoms with Crippen molar-refractivity contribution in [3.05, 3.63) is 0 Å². The largest absolute Gasteiger partial charge is 0.394 e. The van der Waals surface area contributed by atoms with Crippen molar-refractivity contribution in [3.8, 4) is 0 Å². The minimum atomic E-state index is -0.713. The van der Waals surface area contributed by atoms with Gasteiger partial charge >= 0.3 is 6.03 Å². The Morgan fingerprint density at radius 3 is 1.96 bits per heavy atom. The zero-order chi connectivity index (χ0) is 20.0. The number of rotatable bonds is 15. The Labute approximate surface area is 159 Å². The second kappa shape index (κ2) is 22.1. The molecule has 0 saturated carbocycles. The van der Waals surface area contributed by atoms with Crippen LogP contribution in [0.1, 0.15) is 78.1 Å². The molecule has 1 unspecified atom stereocenters. The highest BCUT2D eigenvalue weighted by molar-refractivity contribution is 5.72. The fourth-order valence-corrected chi connectivity index (χ4v) is 2.26. The summed E-state index contributed by atoms with van der Waals surface area (Å²) in [6, 6.07) is -0.425. The summed E-state index contributed by atoms with van der Waals surface area (Å²) >= 11 is 0. The number of unbranched alkanes of at least 4 members (excludes halogenated alkanes) is 9. The average Bonchev–Trinajstić information content (AvgIpc) is 2.67. The maximum absolute atomic E-state index is 11.0. The lowest BCUT2D eigenvalue weighted by Gasteiger charge is -2.15. The van der Waals surface area contributed by atoms with Crippen molar-refractivity contribution in [2.75, 3.05) is 26.4 Å². The summed E-state index contributed by atoms with van der Waals surface area (Å²) in [5.74, 6) is 10.4. The molecule has 0 aliphatic heterocycles. The van der Waals surface area contributed by atoms with E-state index in [1.807, 2.05) is 12.3 Å². The van der Waals surface area contributed by atoms with Crippen molar-refractivity contribution in [1.29, 1.82) is 0 Å². The topological polar surface area (TPSA) is 134 Å². The van der Waals surface area contributed by atoms with E-state index in [2.05, 4.69) is 6.92 Å². The summed E-state index contributed by atoms with van der Waals surface area (Å²) in [4.78, 5) is 11.0. The number of amides is 2. The van der Waals surface area contributed by atoms with Crippen molar-refractivity contribution in [1.82, 2.24) is 10.4 Å². The number of hydrogen-bond acceptors (Lipinski definition) is 6. The molecule has 0 radical (unpaired) electrons. The summed E-state index contributed by atoms with van der Waals surface area (Å²) in [5.41, 5.74) is 2.01. The molecule has 8 nitrogen and oxygen atoms in total. The van der Waals surface area contributed by atoms with Crippen LogP contribution in [-0.2, 0) is 4.74 Å². The van der Waals surface area contributed by atoms with Gasteiger partial charge in [-0.05, 0) is 13.3 Å². The molecular formula is C18H42N4O4. The summed E-state index contributed by atoms with van der Waals surface area (Å²) < 4.78 is 4.78. The molecule has 0 fully saturated rings. The first-order valence-electron chi connectivity index (χ1n) is 9.92. The third-order valence-corrected chi connectivity index (χ3v) is 3.86. The molecule has 0 heterocycles. The highest BCUT2D eigenvalue weighted by Gasteiger charge is 2.05. The van der Waals surface area contributed by atoms with E-state index in [0.29, 0.717) is 13.2 Å². The number of nitrogens with zero attached hydrogens (tertiary/aromatic N) is 1. The third-order valence-electron chi connectivity index (χ3n) is 3.86. The molecule has 7 N–H and O–H groups in total. The second-order valence-corrected chi connectivity index (χ2v) is 6.32. The lowest BCUT2D eigenvalue weighted by molar-refractivity contribution is 0.0104. The molecule has 0 aliphatic rings. The fraction of sp³-hybridized carbons (Fsp3) is 0.944. The van der Waals surface area contributed by atoms with Gasteiger partial charge in [0.25, 0.3) is 0 Å². The normalized spacial score (nSPS) is 11.5. The lowest BCUT2D eigenvalue weighted by atomic mass is 10.1. The minimum Gasteiger partial charge on any atom is -0.394 e. The van der Waals surface area contributed by atoms with Crippen LogP contribution in [-0.4, -0.2) is 53.7 Å². The number of carbonyl (C=O) groups is 1. The minimum absolute atomic E-state index is 0.222. The van der Waals surface area contributed by atoms with E-state index in [1.54, 1.807) is 0 Å². The molecule has 0 saturated heterocycles. The van der Waals surface area contributed by atoms with E-state index in [0.717, 1.165) is 17.9 Å². The molecule has 0 aromatic rings. The first-order valence-corrected chi connectivity index (χ1v) is 9.92. The van der Waals surface area contributed by atoms with Gasteiger partial charge in [-0.3, -0.25) is 10.4 Å². The van der Waals surface area contributed by atoms with Gasteiger partial charge in [-0.2, -0.15) is 0 Å². The Balaban J connectivity index is 0. The number of hydrazine groups is 2. The number of aliphatic hydroxyl groups is 2. The van der Waals surface area contributed by atoms with E-state index < -0.39 is 12.1 Å². The number of carbonyl (C=O) groups excluding carboxylic acids is 1. The first-order chi connectivity index (χ1) is 12.5. The molecule has 8 heteroatoms. The Kier molecular flexibility index (Phi) is 23.2. The molecule has 26 heavy (non-hydrogen) atoms. The number of nitrogens with one attached hydrogen (secondary N) is 1. The quantitative estimate of drug-likeness (QED) is 0.128. The van der Waals surface area contributed by atoms with Crippen LogP contribution in [0.4, 0.5) is 4.79 Å². The first kappa shape index (κ1) is 27.3. The summed E-state index contributed by atoms with van der Waals surface area (Å²) in [6.45, 7) is 5.24. The highest BCUT2D eigenvalue weighted by Crippen LogP contribution is 2.10. The Morgan fingerprint density at radius 2 is 1.54 bits per heavy atom. The van der Waals surface area contributed by atoms with Gasteiger partial charge < -0.3 is 14.9 Å². The fourth-order valence-electron chi connectivity index (χ4n) is 2.26. The van der Waals surface area contributed by atoms with Gasteiger partial charge in [0.15, 0.2) is 0 Å². The van der Waals surface area contributed by atoms with Gasteiger partial charge in [0.1, 0.15) is 6.10 Å². The Hall–Kier alpha value is -0.930. The van der Waals surface area contributed by atoms with Crippen LogP contribution in [0.3, 0.4) is 0 Å². The molecule has 158 valence electrons. The molecular weight excluding hydrogens is 336 g/mol. The highest BCUT2D eigenvalue weighted by atomic mass is 16.5. The van der Waals surface area contributed by atoms with Crippen LogP contribution in [0.15, 0.2) is 0 Å². The predicted molar refractivity (Wildman–Crippen MR) is 105 cm³/mol. The molecule has 0 bridgehead atoms. The summed E-state index contributed by atoms with van der Waals surface area (Å²) in [7, 11) is 0. The molecule has 0 aromatic carbocycles. The number of urea groups is 1. The zero-order valence-electron chi connectivity index (χ0n) is 16.8. The van der Waals surface area contributed by atoms with Gasteiger partial charge in [-0.25, -0.2) is 16.5 Å². The maximum atomic E-state index is 11.0. The van der Waals surface area contributed by atoms with Crippen molar-refractivity contribution in [3.63, 3.8) is 0 Å². The van der Waals surface area contributed by atoms with Crippen molar-refractivity contribution in [2.45, 2.75) is 84.2 Å². The molecule has 0 spiro atoms. The van der Waals surface area contributed by atoms with E-state index >= 15 is 0 Å². The van der Waals surface area contributed by atoms with E-state index in [9.17, 15) is 4.79 Å². The van der Waals surface area contributed by atoms with Gasteiger partial charge in [0.2, 0.25) is 0 Å². The van der Waals surface area contributed by atoms with Crippen molar-refractivity contribution in [2.24, 2.45) is 11.7 Å². The second-order valence-electron chi connectivity index (χ2n) is 6.32. The standard InChI is InChI=1S/C13H30N4O.C5H12O3/c1-2-3-4-5-6-7-8-9-10-11-12-17(15)13(18)16-14;1-2-8-4-5(7)3-6/h2-12,14-15H2,1H3,(H,16,18);5-7H,2-4H2,1H3. The summed E-state index contributed by atoms with van der Waals surface area (Å²) in [6.07, 6.45) is 12.0.